The largest absolute Gasteiger partial charge is 0.480 e. The molecule has 0 aliphatic carbocycles. The van der Waals surface area contributed by atoms with E-state index >= 15 is 0 Å². The van der Waals surface area contributed by atoms with Gasteiger partial charge in [0.25, 0.3) is 0 Å². The number of rotatable bonds is 9. The lowest BCUT2D eigenvalue weighted by Crippen LogP contribution is -2.36. The van der Waals surface area contributed by atoms with E-state index in [0.29, 0.717) is 0 Å². The fraction of sp³-hybridized carbons (Fsp3) is 0.556. The molecule has 0 unspecified atom stereocenters. The van der Waals surface area contributed by atoms with Crippen LogP contribution in [0.25, 0.3) is 0 Å². The molecule has 1 rings (SSSR count). The lowest BCUT2D eigenvalue weighted by molar-refractivity contribution is -0.146. The molecule has 0 heterocycles. The number of benzene rings is 1. The van der Waals surface area contributed by atoms with E-state index in [1.165, 1.54) is 0 Å². The normalized spacial score (nSPS) is 13.8. The Hall–Kier alpha value is -1.68. The van der Waals surface area contributed by atoms with E-state index in [-0.39, 0.29) is 37.1 Å². The first kappa shape index (κ1) is 28.5. The number of hydrogen-bond donors (Lipinski definition) is 3. The second kappa shape index (κ2) is 14.3. The highest BCUT2D eigenvalue weighted by atomic mass is 35.5. The van der Waals surface area contributed by atoms with Gasteiger partial charge in [0.1, 0.15) is 28.5 Å². The molecule has 1 aromatic rings. The second-order valence-corrected chi connectivity index (χ2v) is 8.63. The molecular formula is C18H31ClN2O6S. The van der Waals surface area contributed by atoms with Crippen molar-refractivity contribution in [3.05, 3.63) is 35.9 Å². The maximum absolute atomic E-state index is 11.5. The maximum atomic E-state index is 11.5. The van der Waals surface area contributed by atoms with Crippen molar-refractivity contribution in [3.63, 3.8) is 0 Å². The number of carbonyl (C=O) groups is 2. The lowest BCUT2D eigenvalue weighted by atomic mass is 10.0. The highest BCUT2D eigenvalue weighted by Gasteiger charge is 2.18. The number of nitrogens with two attached hydrogens (primary N) is 2. The molecule has 0 bridgehead atoms. The van der Waals surface area contributed by atoms with Gasteiger partial charge in [0.15, 0.2) is 0 Å². The molecule has 0 amide bonds. The van der Waals surface area contributed by atoms with Crippen LogP contribution in [0.4, 0.5) is 0 Å². The predicted octanol–water partition coefficient (Wildman–Crippen LogP) is 1.36. The molecule has 0 radical (unpaired) electrons. The summed E-state index contributed by atoms with van der Waals surface area (Å²) in [5.41, 5.74) is 11.7. The van der Waals surface area contributed by atoms with Crippen LogP contribution in [0.1, 0.15) is 32.3 Å². The molecule has 28 heavy (non-hydrogen) atoms. The van der Waals surface area contributed by atoms with Gasteiger partial charge in [-0.1, -0.05) is 50.6 Å². The highest BCUT2D eigenvalue weighted by Crippen LogP contribution is 2.04. The standard InChI is InChI=1S/C12H17NO4S.C6H13NO2.ClH/c1-18(15,16)8-7-11(13)12(14)17-9-10-5-3-2-4-6-10;1-3-4(2)5(7)6(8)9;/h2-6,11H,7-9,13H2,1H3;4-5H,3,7H2,1-2H3,(H,8,9);1H/t11-;4-,5-;/m00./s1. The van der Waals surface area contributed by atoms with Crippen molar-refractivity contribution in [1.29, 1.82) is 0 Å². The number of halogens is 1. The molecule has 3 atom stereocenters. The van der Waals surface area contributed by atoms with E-state index in [2.05, 4.69) is 0 Å². The quantitative estimate of drug-likeness (QED) is 0.489. The molecule has 0 aliphatic rings. The SMILES string of the molecule is CC[C@H](C)[C@H](N)C(=O)O.CS(=O)(=O)CC[C@H](N)C(=O)OCc1ccccc1.Cl. The van der Waals surface area contributed by atoms with Crippen LogP contribution >= 0.6 is 12.4 Å². The molecule has 8 nitrogen and oxygen atoms in total. The minimum absolute atomic E-state index is 0. The molecule has 0 saturated heterocycles. The third-order valence-corrected chi connectivity index (χ3v) is 4.85. The Bertz CT molecular complexity index is 685. The van der Waals surface area contributed by atoms with Crippen molar-refractivity contribution in [2.24, 2.45) is 17.4 Å². The third kappa shape index (κ3) is 13.5. The Labute approximate surface area is 173 Å². The molecule has 1 aromatic carbocycles. The number of esters is 1. The first-order valence-electron chi connectivity index (χ1n) is 8.60. The van der Waals surface area contributed by atoms with Crippen molar-refractivity contribution in [2.45, 2.75) is 45.4 Å². The van der Waals surface area contributed by atoms with E-state index in [1.807, 2.05) is 44.2 Å². The van der Waals surface area contributed by atoms with E-state index in [4.69, 9.17) is 21.3 Å². The van der Waals surface area contributed by atoms with Gasteiger partial charge in [-0.05, 0) is 17.9 Å². The molecular weight excluding hydrogens is 408 g/mol. The van der Waals surface area contributed by atoms with Gasteiger partial charge in [-0.25, -0.2) is 8.42 Å². The molecule has 0 fully saturated rings. The Morgan fingerprint density at radius 1 is 1.18 bits per heavy atom. The minimum atomic E-state index is -3.11. The van der Waals surface area contributed by atoms with Gasteiger partial charge in [-0.3, -0.25) is 9.59 Å². The topological polar surface area (TPSA) is 150 Å². The molecule has 0 aliphatic heterocycles. The summed E-state index contributed by atoms with van der Waals surface area (Å²) >= 11 is 0. The van der Waals surface area contributed by atoms with Gasteiger partial charge in [-0.2, -0.15) is 0 Å². The molecule has 10 heteroatoms. The summed E-state index contributed by atoms with van der Waals surface area (Å²) in [4.78, 5) is 21.7. The van der Waals surface area contributed by atoms with Crippen LogP contribution < -0.4 is 11.5 Å². The van der Waals surface area contributed by atoms with Crippen molar-refractivity contribution < 1.29 is 27.9 Å². The van der Waals surface area contributed by atoms with Crippen LogP contribution in [-0.2, 0) is 30.8 Å². The van der Waals surface area contributed by atoms with Crippen molar-refractivity contribution in [3.8, 4) is 0 Å². The van der Waals surface area contributed by atoms with Crippen molar-refractivity contribution in [2.75, 3.05) is 12.0 Å². The average molecular weight is 439 g/mol. The lowest BCUT2D eigenvalue weighted by Gasteiger charge is -2.11. The Morgan fingerprint density at radius 3 is 2.11 bits per heavy atom. The number of aliphatic carboxylic acids is 1. The van der Waals surface area contributed by atoms with E-state index in [9.17, 15) is 18.0 Å². The zero-order valence-electron chi connectivity index (χ0n) is 16.4. The smallest absolute Gasteiger partial charge is 0.323 e. The van der Waals surface area contributed by atoms with E-state index in [0.717, 1.165) is 18.2 Å². The Kier molecular flexibility index (Phi) is 14.6. The van der Waals surface area contributed by atoms with Crippen LogP contribution in [0.2, 0.25) is 0 Å². The molecule has 162 valence electrons. The molecule has 0 aromatic heterocycles. The second-order valence-electron chi connectivity index (χ2n) is 6.37. The first-order chi connectivity index (χ1) is 12.5. The van der Waals surface area contributed by atoms with Gasteiger partial charge < -0.3 is 21.3 Å². The van der Waals surface area contributed by atoms with E-state index < -0.39 is 33.9 Å². The maximum Gasteiger partial charge on any atom is 0.323 e. The number of carboxylic acids is 1. The van der Waals surface area contributed by atoms with Crippen LogP contribution in [0, 0.1) is 5.92 Å². The van der Waals surface area contributed by atoms with Gasteiger partial charge >= 0.3 is 11.9 Å². The number of sulfone groups is 1. The number of ether oxygens (including phenoxy) is 1. The summed E-state index contributed by atoms with van der Waals surface area (Å²) in [5, 5.41) is 8.36. The van der Waals surface area contributed by atoms with Gasteiger partial charge in [-0.15, -0.1) is 12.4 Å². The highest BCUT2D eigenvalue weighted by molar-refractivity contribution is 7.90. The minimum Gasteiger partial charge on any atom is -0.480 e. The number of hydrogen-bond acceptors (Lipinski definition) is 7. The van der Waals surface area contributed by atoms with Gasteiger partial charge in [0.05, 0.1) is 5.75 Å². The van der Waals surface area contributed by atoms with Crippen molar-refractivity contribution >= 4 is 34.2 Å². The van der Waals surface area contributed by atoms with E-state index in [1.54, 1.807) is 0 Å². The number of carboxylic acid groups (broad SMARTS) is 1. The van der Waals surface area contributed by atoms with Gasteiger partial charge in [0, 0.05) is 6.26 Å². The van der Waals surface area contributed by atoms with Gasteiger partial charge in [0.2, 0.25) is 0 Å². The van der Waals surface area contributed by atoms with Crippen LogP contribution in [0.3, 0.4) is 0 Å². The fourth-order valence-electron chi connectivity index (χ4n) is 1.79. The van der Waals surface area contributed by atoms with Crippen molar-refractivity contribution in [1.82, 2.24) is 0 Å². The summed E-state index contributed by atoms with van der Waals surface area (Å²) in [7, 11) is -3.11. The molecule has 0 spiro atoms. The number of carbonyl (C=O) groups excluding carboxylic acids is 1. The predicted molar refractivity (Wildman–Crippen MR) is 111 cm³/mol. The molecule has 0 saturated carbocycles. The zero-order valence-corrected chi connectivity index (χ0v) is 18.0. The summed E-state index contributed by atoms with van der Waals surface area (Å²) in [6.45, 7) is 3.90. The Morgan fingerprint density at radius 2 is 1.71 bits per heavy atom. The van der Waals surface area contributed by atoms with Crippen LogP contribution in [0.15, 0.2) is 30.3 Å². The molecule has 5 N–H and O–H groups in total. The van der Waals surface area contributed by atoms with Crippen LogP contribution in [-0.4, -0.2) is 49.6 Å². The summed E-state index contributed by atoms with van der Waals surface area (Å²) in [6.07, 6.45) is 1.99. The van der Waals surface area contributed by atoms with Crippen LogP contribution in [0.5, 0.6) is 0 Å². The Balaban J connectivity index is 0. The average Bonchev–Trinajstić information content (AvgIpc) is 2.63. The summed E-state index contributed by atoms with van der Waals surface area (Å²) in [6, 6.07) is 7.60. The first-order valence-corrected chi connectivity index (χ1v) is 10.7. The third-order valence-electron chi connectivity index (χ3n) is 3.87. The summed E-state index contributed by atoms with van der Waals surface area (Å²) < 4.78 is 26.9. The summed E-state index contributed by atoms with van der Waals surface area (Å²) in [5.74, 6) is -1.54. The fourth-order valence-corrected chi connectivity index (χ4v) is 2.47. The zero-order chi connectivity index (χ0) is 21.0. The monoisotopic (exact) mass is 438 g/mol.